The molecule has 0 bridgehead atoms. The maximum absolute atomic E-state index is 13.8. The largest absolute Gasteiger partial charge is 0.698 e. The molecule has 0 saturated carbocycles. The summed E-state index contributed by atoms with van der Waals surface area (Å²) in [6.45, 7) is 6.75. The van der Waals surface area contributed by atoms with Crippen LogP contribution in [0.2, 0.25) is 10.0 Å². The molecule has 4 unspecified atom stereocenters. The van der Waals surface area contributed by atoms with E-state index in [1.165, 1.54) is 7.11 Å². The van der Waals surface area contributed by atoms with E-state index in [1.807, 2.05) is 51.1 Å². The minimum atomic E-state index is -4.65. The number of amides is 4. The maximum Gasteiger partial charge on any atom is 0.698 e. The zero-order valence-electron chi connectivity index (χ0n) is 45.1. The number of anilines is 4. The van der Waals surface area contributed by atoms with Gasteiger partial charge in [0.1, 0.15) is 6.10 Å². The van der Waals surface area contributed by atoms with E-state index in [4.69, 9.17) is 41.3 Å². The Hall–Kier alpha value is -7.15. The average molecular weight is 1180 g/mol. The van der Waals surface area contributed by atoms with Gasteiger partial charge >= 0.3 is 28.0 Å². The Morgan fingerprint density at radius 1 is 0.593 bits per heavy atom. The van der Waals surface area contributed by atoms with Gasteiger partial charge in [0, 0.05) is 78.1 Å². The Bertz CT molecular complexity index is 3440. The number of halogens is 2. The standard InChI is InChI=1S/C29H30ClN2O8P.C29H28ClN2O7P/c1-18-7-4-5-8-22(18)28(34)31-21-11-12-23(19(2)15-21)29(35)32-14-6-9-26(24-16-20(30)10-13-25(24)32)40-41(36,37)39-17-27(33)38-3;1-18-7-4-5-8-22(18)28(34)31-21-11-12-23(19(2)15-21)29(35)32-14-6-9-26(24-16-20(30)10-13-25(24)32)39-40(36)38-17-27(33)37-3/h4-5,7-8,10-13,15-16,26H,6,9,14,17H2,1-3H3,(H,31,34)(H,36,37);4-5,7-8,10-13,15-16,26H,6,9,14,17H2,1-3H3/p+1. The fraction of sp³-hybridized carbons (Fsp3) is 0.276. The van der Waals surface area contributed by atoms with Gasteiger partial charge in [0.05, 0.1) is 26.0 Å². The zero-order chi connectivity index (χ0) is 58.5. The number of hydrogen-bond acceptors (Lipinski definition) is 14. The number of carbonyl (C=O) groups is 6. The van der Waals surface area contributed by atoms with E-state index in [1.54, 1.807) is 108 Å². The molecule has 2 aliphatic heterocycles. The van der Waals surface area contributed by atoms with Gasteiger partial charge in [-0.15, -0.1) is 9.05 Å². The molecule has 4 amide bonds. The number of esters is 2. The van der Waals surface area contributed by atoms with Crippen LogP contribution in [-0.2, 0) is 46.3 Å². The third-order valence-electron chi connectivity index (χ3n) is 13.2. The molecule has 8 rings (SSSR count). The lowest BCUT2D eigenvalue weighted by atomic mass is 10.0. The number of rotatable bonds is 16. The van der Waals surface area contributed by atoms with Gasteiger partial charge in [-0.1, -0.05) is 59.6 Å². The summed E-state index contributed by atoms with van der Waals surface area (Å²) >= 11 is 12.5. The minimum Gasteiger partial charge on any atom is -0.467 e. The number of phosphoric acid groups is 1. The molecule has 0 aromatic heterocycles. The van der Waals surface area contributed by atoms with Crippen LogP contribution in [0.15, 0.2) is 121 Å². The Morgan fingerprint density at radius 2 is 1.04 bits per heavy atom. The fourth-order valence-corrected chi connectivity index (χ4v) is 11.0. The molecule has 23 heteroatoms. The number of carbonyl (C=O) groups excluding carboxylic acids is 6. The van der Waals surface area contributed by atoms with Crippen molar-refractivity contribution in [1.82, 2.24) is 0 Å². The third-order valence-corrected chi connectivity index (χ3v) is 15.4. The van der Waals surface area contributed by atoms with Gasteiger partial charge in [-0.05, 0) is 161 Å². The smallest absolute Gasteiger partial charge is 0.467 e. The van der Waals surface area contributed by atoms with Crippen molar-refractivity contribution in [2.24, 2.45) is 0 Å². The molecule has 0 saturated heterocycles. The number of methoxy groups -OCH3 is 2. The zero-order valence-corrected chi connectivity index (χ0v) is 48.4. The van der Waals surface area contributed by atoms with E-state index >= 15 is 0 Å². The van der Waals surface area contributed by atoms with Gasteiger partial charge in [-0.25, -0.2) is 14.2 Å². The van der Waals surface area contributed by atoms with Crippen molar-refractivity contribution >= 4 is 97.6 Å². The number of nitrogens with one attached hydrogen (secondary N) is 2. The number of nitrogens with zero attached hydrogens (tertiary/aromatic N) is 2. The molecular formula is C58H59Cl2N4O15P2+. The lowest BCUT2D eigenvalue weighted by molar-refractivity contribution is -0.144. The average Bonchev–Trinajstić information content (AvgIpc) is 3.74. The number of fused-ring (bicyclic) bond motifs is 2. The van der Waals surface area contributed by atoms with E-state index in [2.05, 4.69) is 20.1 Å². The molecular weight excluding hydrogens is 1130 g/mol. The van der Waals surface area contributed by atoms with Crippen molar-refractivity contribution in [3.63, 3.8) is 0 Å². The van der Waals surface area contributed by atoms with Crippen LogP contribution in [0, 0.1) is 27.7 Å². The molecule has 0 aliphatic carbocycles. The van der Waals surface area contributed by atoms with Gasteiger partial charge in [0.25, 0.3) is 23.6 Å². The Kier molecular flexibility index (Phi) is 21.3. The van der Waals surface area contributed by atoms with E-state index in [0.29, 0.717) is 110 Å². The topological polar surface area (TPSA) is 243 Å². The first-order chi connectivity index (χ1) is 38.7. The van der Waals surface area contributed by atoms with Crippen molar-refractivity contribution in [3.05, 3.63) is 187 Å². The molecule has 6 aromatic carbocycles. The number of aryl methyl sites for hydroxylation is 4. The molecule has 6 aromatic rings. The van der Waals surface area contributed by atoms with Gasteiger partial charge in [-0.2, -0.15) is 0 Å². The Morgan fingerprint density at radius 3 is 1.49 bits per heavy atom. The minimum absolute atomic E-state index is 0.227. The third kappa shape index (κ3) is 16.1. The molecule has 19 nitrogen and oxygen atoms in total. The molecule has 4 atom stereocenters. The van der Waals surface area contributed by atoms with Crippen molar-refractivity contribution in [3.8, 4) is 0 Å². The normalized spacial score (nSPS) is 15.6. The second-order valence-electron chi connectivity index (χ2n) is 18.8. The molecule has 0 radical (unpaired) electrons. The highest BCUT2D eigenvalue weighted by Gasteiger charge is 2.37. The summed E-state index contributed by atoms with van der Waals surface area (Å²) in [6.07, 6.45) is 0.105. The highest BCUT2D eigenvalue weighted by Crippen LogP contribution is 2.51. The van der Waals surface area contributed by atoms with Crippen LogP contribution >= 0.6 is 39.3 Å². The molecule has 424 valence electrons. The van der Waals surface area contributed by atoms with Crippen LogP contribution < -0.4 is 20.4 Å². The van der Waals surface area contributed by atoms with Crippen molar-refractivity contribution < 1.29 is 70.4 Å². The number of hydrogen-bond donors (Lipinski definition) is 3. The van der Waals surface area contributed by atoms with Crippen LogP contribution in [0.5, 0.6) is 0 Å². The lowest BCUT2D eigenvalue weighted by Crippen LogP contribution is -2.32. The van der Waals surface area contributed by atoms with E-state index in [-0.39, 0.29) is 30.0 Å². The first-order valence-electron chi connectivity index (χ1n) is 25.4. The maximum atomic E-state index is 13.8. The van der Waals surface area contributed by atoms with Crippen LogP contribution in [0.25, 0.3) is 0 Å². The van der Waals surface area contributed by atoms with Crippen molar-refractivity contribution in [1.29, 1.82) is 0 Å². The van der Waals surface area contributed by atoms with Gasteiger partial charge in [0.2, 0.25) is 6.61 Å². The molecule has 0 fully saturated rings. The Labute approximate surface area is 479 Å². The quantitative estimate of drug-likeness (QED) is 0.0603. The summed E-state index contributed by atoms with van der Waals surface area (Å²) in [5.74, 6) is -2.51. The van der Waals surface area contributed by atoms with Crippen LogP contribution in [0.3, 0.4) is 0 Å². The predicted octanol–water partition coefficient (Wildman–Crippen LogP) is 12.6. The molecule has 0 spiro atoms. The monoisotopic (exact) mass is 1180 g/mol. The summed E-state index contributed by atoms with van der Waals surface area (Å²) in [7, 11) is -4.95. The fourth-order valence-electron chi connectivity index (χ4n) is 9.11. The highest BCUT2D eigenvalue weighted by molar-refractivity contribution is 7.47. The van der Waals surface area contributed by atoms with Crippen LogP contribution in [0.4, 0.5) is 22.7 Å². The summed E-state index contributed by atoms with van der Waals surface area (Å²) in [5, 5.41) is 6.55. The van der Waals surface area contributed by atoms with Gasteiger partial charge in [-0.3, -0.25) is 28.2 Å². The highest BCUT2D eigenvalue weighted by atomic mass is 35.5. The molecule has 81 heavy (non-hydrogen) atoms. The predicted molar refractivity (Wildman–Crippen MR) is 306 cm³/mol. The summed E-state index contributed by atoms with van der Waals surface area (Å²) in [6, 6.07) is 34.7. The van der Waals surface area contributed by atoms with E-state index in [0.717, 1.165) is 18.2 Å². The van der Waals surface area contributed by atoms with Crippen LogP contribution in [-0.4, -0.2) is 81.0 Å². The second-order valence-corrected chi connectivity index (χ2v) is 22.0. The first-order valence-corrected chi connectivity index (χ1v) is 28.8. The molecule has 2 heterocycles. The van der Waals surface area contributed by atoms with E-state index in [9.17, 15) is 42.8 Å². The van der Waals surface area contributed by atoms with Crippen molar-refractivity contribution in [2.45, 2.75) is 65.6 Å². The Balaban J connectivity index is 0.000000234. The summed E-state index contributed by atoms with van der Waals surface area (Å²) in [5.41, 5.74) is 8.28. The second kappa shape index (κ2) is 28.0. The summed E-state index contributed by atoms with van der Waals surface area (Å²) < 4.78 is 54.7. The molecule has 2 aliphatic rings. The van der Waals surface area contributed by atoms with Crippen LogP contribution in [0.1, 0.15) is 113 Å². The lowest BCUT2D eigenvalue weighted by Gasteiger charge is -2.25. The van der Waals surface area contributed by atoms with Gasteiger partial charge in [0.15, 0.2) is 6.61 Å². The van der Waals surface area contributed by atoms with E-state index < -0.39 is 53.4 Å². The van der Waals surface area contributed by atoms with Gasteiger partial charge < -0.3 is 34.8 Å². The number of phosphoric ester groups is 1. The molecule has 3 N–H and O–H groups in total. The SMILES string of the molecule is COC(=O)COP(=O)(O)OC1CCCN(C(=O)c2ccc(NC(=O)c3ccccc3C)cc2C)c2ccc(Cl)cc21.COC(=O)CO[P+](=O)OC1CCCN(C(=O)c2ccc(NC(=O)c3ccccc3C)cc2C)c2ccc(Cl)cc21. The summed E-state index contributed by atoms with van der Waals surface area (Å²) in [4.78, 5) is 89.2. The number of benzene rings is 6. The number of ether oxygens (including phenoxy) is 2. The first kappa shape index (κ1) is 61.5. The van der Waals surface area contributed by atoms with Crippen molar-refractivity contribution in [2.75, 3.05) is 61.0 Å².